The third kappa shape index (κ3) is 5.21. The number of nitrogens with one attached hydrogen (secondary N) is 1. The summed E-state index contributed by atoms with van der Waals surface area (Å²) in [6.45, 7) is 7.09. The van der Waals surface area contributed by atoms with Gasteiger partial charge < -0.3 is 15.8 Å². The molecule has 0 fully saturated rings. The Hall–Kier alpha value is -1.55. The van der Waals surface area contributed by atoms with Gasteiger partial charge in [0.25, 0.3) is 0 Å². The van der Waals surface area contributed by atoms with Gasteiger partial charge in [-0.25, -0.2) is 0 Å². The van der Waals surface area contributed by atoms with Crippen LogP contribution in [0.3, 0.4) is 0 Å². The molecule has 1 atom stereocenters. The Labute approximate surface area is 121 Å². The molecule has 0 saturated heterocycles. The average Bonchev–Trinajstić information content (AvgIpc) is 2.44. The minimum absolute atomic E-state index is 0.0308. The number of rotatable bonds is 8. The summed E-state index contributed by atoms with van der Waals surface area (Å²) in [6.07, 6.45) is 1.15. The summed E-state index contributed by atoms with van der Waals surface area (Å²) in [4.78, 5) is 11.9. The maximum Gasteiger partial charge on any atom is 0.220 e. The van der Waals surface area contributed by atoms with E-state index in [1.165, 1.54) is 0 Å². The molecule has 1 aromatic carbocycles. The molecule has 0 aromatic heterocycles. The largest absolute Gasteiger partial charge is 0.494 e. The normalized spacial score (nSPS) is 13.8. The molecule has 0 aliphatic rings. The Kier molecular flexibility index (Phi) is 6.52. The van der Waals surface area contributed by atoms with Gasteiger partial charge in [0.1, 0.15) is 5.75 Å². The third-order valence-electron chi connectivity index (χ3n) is 3.68. The van der Waals surface area contributed by atoms with Crippen LogP contribution in [0.2, 0.25) is 0 Å². The molecule has 20 heavy (non-hydrogen) atoms. The Morgan fingerprint density at radius 3 is 2.55 bits per heavy atom. The summed E-state index contributed by atoms with van der Waals surface area (Å²) in [7, 11) is 0. The first-order valence-corrected chi connectivity index (χ1v) is 7.17. The fourth-order valence-electron chi connectivity index (χ4n) is 1.75. The predicted molar refractivity (Wildman–Crippen MR) is 81.6 cm³/mol. The van der Waals surface area contributed by atoms with Gasteiger partial charge in [-0.3, -0.25) is 4.79 Å². The van der Waals surface area contributed by atoms with E-state index in [9.17, 15) is 4.79 Å². The second kappa shape index (κ2) is 7.90. The monoisotopic (exact) mass is 278 g/mol. The molecule has 0 aliphatic carbocycles. The predicted octanol–water partition coefficient (Wildman–Crippen LogP) is 2.34. The number of carbonyl (C=O) groups excluding carboxylic acids is 1. The van der Waals surface area contributed by atoms with Crippen molar-refractivity contribution in [2.24, 2.45) is 11.7 Å². The van der Waals surface area contributed by atoms with E-state index in [0.717, 1.165) is 5.75 Å². The van der Waals surface area contributed by atoms with Crippen LogP contribution in [0.25, 0.3) is 0 Å². The molecule has 1 unspecified atom stereocenters. The molecule has 1 amide bonds. The van der Waals surface area contributed by atoms with E-state index in [4.69, 9.17) is 10.5 Å². The number of benzene rings is 1. The molecule has 4 heteroatoms. The van der Waals surface area contributed by atoms with Crippen molar-refractivity contribution >= 4 is 5.91 Å². The summed E-state index contributed by atoms with van der Waals surface area (Å²) >= 11 is 0. The zero-order valence-electron chi connectivity index (χ0n) is 12.7. The first kappa shape index (κ1) is 16.5. The highest BCUT2D eigenvalue weighted by Gasteiger charge is 2.28. The third-order valence-corrected chi connectivity index (χ3v) is 3.68. The van der Waals surface area contributed by atoms with Crippen molar-refractivity contribution in [1.29, 1.82) is 0 Å². The highest BCUT2D eigenvalue weighted by atomic mass is 16.5. The van der Waals surface area contributed by atoms with Crippen LogP contribution in [0.15, 0.2) is 30.3 Å². The number of para-hydroxylation sites is 1. The second-order valence-corrected chi connectivity index (χ2v) is 5.59. The number of carbonyl (C=O) groups is 1. The standard InChI is InChI=1S/C16H26N2O2/c1-13(2)16(3,12-17)18-15(19)10-7-11-20-14-8-5-4-6-9-14/h4-6,8-9,13H,7,10-12,17H2,1-3H3,(H,18,19). The van der Waals surface area contributed by atoms with Crippen molar-refractivity contribution in [3.63, 3.8) is 0 Å². The van der Waals surface area contributed by atoms with Crippen molar-refractivity contribution in [3.8, 4) is 5.75 Å². The summed E-state index contributed by atoms with van der Waals surface area (Å²) in [6, 6.07) is 9.61. The maximum absolute atomic E-state index is 11.9. The van der Waals surface area contributed by atoms with E-state index < -0.39 is 0 Å². The lowest BCUT2D eigenvalue weighted by Gasteiger charge is -2.33. The van der Waals surface area contributed by atoms with Crippen LogP contribution in [0.4, 0.5) is 0 Å². The molecular formula is C16H26N2O2. The zero-order valence-corrected chi connectivity index (χ0v) is 12.7. The smallest absolute Gasteiger partial charge is 0.220 e. The molecule has 1 aromatic rings. The Balaban J connectivity index is 2.27. The van der Waals surface area contributed by atoms with Crippen LogP contribution in [0, 0.1) is 5.92 Å². The summed E-state index contributed by atoms with van der Waals surface area (Å²) in [5.74, 6) is 1.17. The fourth-order valence-corrected chi connectivity index (χ4v) is 1.75. The van der Waals surface area contributed by atoms with Gasteiger partial charge in [-0.15, -0.1) is 0 Å². The molecule has 0 saturated carbocycles. The van der Waals surface area contributed by atoms with Gasteiger partial charge in [0.2, 0.25) is 5.91 Å². The first-order chi connectivity index (χ1) is 9.48. The number of ether oxygens (including phenoxy) is 1. The molecular weight excluding hydrogens is 252 g/mol. The minimum atomic E-state index is -0.336. The van der Waals surface area contributed by atoms with Crippen molar-refractivity contribution in [2.75, 3.05) is 13.2 Å². The number of hydrogen-bond donors (Lipinski definition) is 2. The lowest BCUT2D eigenvalue weighted by atomic mass is 9.88. The molecule has 4 nitrogen and oxygen atoms in total. The van der Waals surface area contributed by atoms with Gasteiger partial charge in [-0.05, 0) is 31.4 Å². The highest BCUT2D eigenvalue weighted by molar-refractivity contribution is 5.76. The number of nitrogens with two attached hydrogens (primary N) is 1. The average molecular weight is 278 g/mol. The summed E-state index contributed by atoms with van der Waals surface area (Å²) < 4.78 is 5.56. The van der Waals surface area contributed by atoms with E-state index in [1.54, 1.807) is 0 Å². The molecule has 0 radical (unpaired) electrons. The first-order valence-electron chi connectivity index (χ1n) is 7.17. The van der Waals surface area contributed by atoms with Gasteiger partial charge in [0.05, 0.1) is 12.1 Å². The topological polar surface area (TPSA) is 64.3 Å². The van der Waals surface area contributed by atoms with Crippen LogP contribution >= 0.6 is 0 Å². The number of hydrogen-bond acceptors (Lipinski definition) is 3. The van der Waals surface area contributed by atoms with E-state index in [0.29, 0.717) is 31.9 Å². The molecule has 0 spiro atoms. The van der Waals surface area contributed by atoms with E-state index in [1.807, 2.05) is 37.3 Å². The SMILES string of the molecule is CC(C)C(C)(CN)NC(=O)CCCOc1ccccc1. The molecule has 3 N–H and O–H groups in total. The van der Waals surface area contributed by atoms with Crippen LogP contribution in [-0.4, -0.2) is 24.6 Å². The second-order valence-electron chi connectivity index (χ2n) is 5.59. The molecule has 1 rings (SSSR count). The van der Waals surface area contributed by atoms with Crippen LogP contribution < -0.4 is 15.8 Å². The lowest BCUT2D eigenvalue weighted by Crippen LogP contribution is -2.55. The Bertz CT molecular complexity index is 406. The van der Waals surface area contributed by atoms with Crippen molar-refractivity contribution < 1.29 is 9.53 Å². The van der Waals surface area contributed by atoms with Gasteiger partial charge in [0, 0.05) is 13.0 Å². The lowest BCUT2D eigenvalue weighted by molar-refractivity contribution is -0.123. The Morgan fingerprint density at radius 2 is 2.00 bits per heavy atom. The number of amides is 1. The van der Waals surface area contributed by atoms with Crippen LogP contribution in [0.5, 0.6) is 5.75 Å². The highest BCUT2D eigenvalue weighted by Crippen LogP contribution is 2.15. The summed E-state index contributed by atoms with van der Waals surface area (Å²) in [5.41, 5.74) is 5.41. The maximum atomic E-state index is 11.9. The molecule has 0 aliphatic heterocycles. The van der Waals surface area contributed by atoms with Gasteiger partial charge in [0.15, 0.2) is 0 Å². The van der Waals surface area contributed by atoms with Crippen LogP contribution in [0.1, 0.15) is 33.6 Å². The molecule has 112 valence electrons. The van der Waals surface area contributed by atoms with E-state index in [-0.39, 0.29) is 11.4 Å². The molecule has 0 heterocycles. The Morgan fingerprint density at radius 1 is 1.35 bits per heavy atom. The van der Waals surface area contributed by atoms with Gasteiger partial charge in [-0.1, -0.05) is 32.0 Å². The summed E-state index contributed by atoms with van der Waals surface area (Å²) in [5, 5.41) is 3.02. The fraction of sp³-hybridized carbons (Fsp3) is 0.562. The van der Waals surface area contributed by atoms with Crippen molar-refractivity contribution in [1.82, 2.24) is 5.32 Å². The van der Waals surface area contributed by atoms with Gasteiger partial charge >= 0.3 is 0 Å². The van der Waals surface area contributed by atoms with Crippen molar-refractivity contribution in [3.05, 3.63) is 30.3 Å². The van der Waals surface area contributed by atoms with Crippen LogP contribution in [-0.2, 0) is 4.79 Å². The minimum Gasteiger partial charge on any atom is -0.494 e. The quantitative estimate of drug-likeness (QED) is 0.717. The van der Waals surface area contributed by atoms with E-state index >= 15 is 0 Å². The van der Waals surface area contributed by atoms with Crippen molar-refractivity contribution in [2.45, 2.75) is 39.2 Å². The van der Waals surface area contributed by atoms with E-state index in [2.05, 4.69) is 19.2 Å². The molecule has 0 bridgehead atoms. The zero-order chi connectivity index (χ0) is 15.0. The van der Waals surface area contributed by atoms with Gasteiger partial charge in [-0.2, -0.15) is 0 Å².